The normalized spacial score (nSPS) is 19.9. The van der Waals surface area contributed by atoms with Gasteiger partial charge in [0.2, 0.25) is 41.4 Å². The molecule has 1 aromatic rings. The number of allylic oxidation sites excluding steroid dienone is 7. The van der Waals surface area contributed by atoms with Crippen LogP contribution in [0.25, 0.3) is 0 Å². The zero-order chi connectivity index (χ0) is 56.2. The summed E-state index contributed by atoms with van der Waals surface area (Å²) in [5.74, 6) is -5.14. The molecule has 4 N–H and O–H groups in total. The molecule has 0 saturated carbocycles. The first-order valence-corrected chi connectivity index (χ1v) is 27.2. The van der Waals surface area contributed by atoms with Crippen LogP contribution in [0.3, 0.4) is 0 Å². The molecule has 0 bridgehead atoms. The fourth-order valence-corrected chi connectivity index (χ4v) is 10.7. The van der Waals surface area contributed by atoms with Crippen LogP contribution in [-0.2, 0) is 54.3 Å². The van der Waals surface area contributed by atoms with Crippen LogP contribution < -0.4 is 16.0 Å². The summed E-state index contributed by atoms with van der Waals surface area (Å²) in [6, 6.07) is 4.87. The Balaban J connectivity index is 1.36. The molecule has 0 spiro atoms. The van der Waals surface area contributed by atoms with Gasteiger partial charge in [0, 0.05) is 78.8 Å². The molecule has 0 radical (unpaired) electrons. The summed E-state index contributed by atoms with van der Waals surface area (Å²) in [4.78, 5) is 116. The predicted molar refractivity (Wildman–Crippen MR) is 291 cm³/mol. The van der Waals surface area contributed by atoms with Gasteiger partial charge in [-0.25, -0.2) is 4.79 Å². The molecule has 2 heterocycles. The molecule has 7 amide bonds. The maximum Gasteiger partial charge on any atom is 0.326 e. The summed E-state index contributed by atoms with van der Waals surface area (Å²) in [5.41, 5.74) is 1.46. The number of rotatable bonds is 27. The number of nitrogens with zero attached hydrogens (tertiary/aromatic N) is 4. The lowest BCUT2D eigenvalue weighted by molar-refractivity contribution is -0.149. The van der Waals surface area contributed by atoms with E-state index in [0.29, 0.717) is 57.4 Å². The van der Waals surface area contributed by atoms with Crippen molar-refractivity contribution in [2.75, 3.05) is 47.9 Å². The van der Waals surface area contributed by atoms with Gasteiger partial charge in [-0.15, -0.1) is 0 Å². The molecule has 2 saturated heterocycles. The number of ether oxygens (including phenoxy) is 2. The molecule has 18 nitrogen and oxygen atoms in total. The molecule has 9 atom stereocenters. The van der Waals surface area contributed by atoms with E-state index in [1.165, 1.54) is 19.1 Å². The van der Waals surface area contributed by atoms with Crippen molar-refractivity contribution >= 4 is 47.3 Å². The van der Waals surface area contributed by atoms with E-state index in [-0.39, 0.29) is 85.3 Å². The van der Waals surface area contributed by atoms with Gasteiger partial charge >= 0.3 is 5.97 Å². The van der Waals surface area contributed by atoms with E-state index in [4.69, 9.17) is 9.47 Å². The van der Waals surface area contributed by atoms with Gasteiger partial charge in [-0.2, -0.15) is 0 Å². The highest BCUT2D eigenvalue weighted by molar-refractivity contribution is 5.93. The van der Waals surface area contributed by atoms with Gasteiger partial charge in [0.15, 0.2) is 0 Å². The number of likely N-dealkylation sites (N-methyl/N-ethyl adjacent to an activating group) is 2. The zero-order valence-electron chi connectivity index (χ0n) is 46.9. The van der Waals surface area contributed by atoms with Crippen LogP contribution >= 0.6 is 0 Å². The number of carboxylic acids is 1. The number of piperidine rings is 1. The van der Waals surface area contributed by atoms with E-state index in [9.17, 15) is 43.5 Å². The average molecular weight is 1060 g/mol. The molecular weight excluding hydrogens is 971 g/mol. The zero-order valence-corrected chi connectivity index (χ0v) is 46.9. The first-order chi connectivity index (χ1) is 36.1. The Morgan fingerprint density at radius 3 is 2.03 bits per heavy atom. The highest BCUT2D eigenvalue weighted by Gasteiger charge is 2.44. The molecule has 76 heavy (non-hydrogen) atoms. The molecule has 2 fully saturated rings. The van der Waals surface area contributed by atoms with Gasteiger partial charge in [0.05, 0.1) is 36.6 Å². The van der Waals surface area contributed by atoms with Crippen molar-refractivity contribution in [3.8, 4) is 0 Å². The second kappa shape index (κ2) is 30.6. The van der Waals surface area contributed by atoms with Crippen molar-refractivity contribution in [1.29, 1.82) is 0 Å². The number of carboxylic acid groups (broad SMARTS) is 1. The summed E-state index contributed by atoms with van der Waals surface area (Å²) < 4.78 is 12.0. The van der Waals surface area contributed by atoms with Crippen LogP contribution in [0.4, 0.5) is 0 Å². The number of benzene rings is 1. The third-order valence-corrected chi connectivity index (χ3v) is 15.4. The number of carbonyl (C=O) groups excluding carboxylic acids is 7. The Morgan fingerprint density at radius 2 is 1.42 bits per heavy atom. The minimum Gasteiger partial charge on any atom is -0.480 e. The minimum absolute atomic E-state index is 0.0356. The standard InChI is InChI=1S/C58H87N7O11/c1-12-39(6)52(46(75-10)36-49(68)65-32-22-27-45(65)53(76-11)40(7)54(69)60-44(58(73)74)35-41-23-17-16-18-24-41)63(9)57(72)50(37(2)3)61-56(71)51(38(4)5)62(8)47(66)28-21-29-48(67)64-33-30-42(31-34-64)55(70)59-43-25-19-14-13-15-20-26-43/h13-20,23-26,37-40,42,44-46,50-53H,12,21-22,27-36H2,1-11H3,(H,59,70)(H,60,69)(H,61,71)(H,73,74)/b14-13-,15-13?,19-14?,20-15-,25-19?,26-20?,43-25?,43-26?/t39-,40+,44-,45-,46+,50-,51-,52-,53+/m0/s1. The Labute approximate surface area is 451 Å². The van der Waals surface area contributed by atoms with Gasteiger partial charge in [0.25, 0.3) is 0 Å². The third kappa shape index (κ3) is 17.4. The number of carbonyl (C=O) groups is 8. The maximum atomic E-state index is 14.7. The molecule has 0 aromatic heterocycles. The van der Waals surface area contributed by atoms with Crippen molar-refractivity contribution in [3.63, 3.8) is 0 Å². The Hall–Kier alpha value is -6.14. The molecular formula is C58H87N7O11. The third-order valence-electron chi connectivity index (χ3n) is 15.4. The second-order valence-corrected chi connectivity index (χ2v) is 21.4. The molecule has 4 rings (SSSR count). The molecule has 420 valence electrons. The van der Waals surface area contributed by atoms with E-state index in [1.807, 2.05) is 90.1 Å². The van der Waals surface area contributed by atoms with Crippen LogP contribution in [0.5, 0.6) is 0 Å². The number of methoxy groups -OCH3 is 2. The number of nitrogens with one attached hydrogen (secondary N) is 3. The number of amides is 7. The molecule has 18 heteroatoms. The first-order valence-electron chi connectivity index (χ1n) is 27.2. The number of aliphatic carboxylic acids is 1. The first kappa shape index (κ1) is 62.4. The van der Waals surface area contributed by atoms with Gasteiger partial charge in [0.1, 0.15) is 18.1 Å². The van der Waals surface area contributed by atoms with Gasteiger partial charge < -0.3 is 50.1 Å². The number of likely N-dealkylation sites (tertiary alicyclic amines) is 2. The summed E-state index contributed by atoms with van der Waals surface area (Å²) in [6.45, 7) is 14.2. The number of hydrogen-bond donors (Lipinski definition) is 4. The van der Waals surface area contributed by atoms with E-state index >= 15 is 0 Å². The van der Waals surface area contributed by atoms with Crippen molar-refractivity contribution in [2.24, 2.45) is 29.6 Å². The predicted octanol–water partition coefficient (Wildman–Crippen LogP) is 5.43. The Kier molecular flexibility index (Phi) is 25.1. The molecule has 3 aliphatic rings. The average Bonchev–Trinajstić information content (AvgIpc) is 3.87. The number of hydrogen-bond acceptors (Lipinski definition) is 10. The summed E-state index contributed by atoms with van der Waals surface area (Å²) in [5, 5.41) is 18.6. The van der Waals surface area contributed by atoms with Gasteiger partial charge in [-0.3, -0.25) is 33.6 Å². The SMILES string of the molecule is CC[C@H](C)[C@@H]([C@@H](CC(=O)N1CCC[C@H]1[C@H](OC)[C@@H](C)C(=O)N[C@@H](Cc1ccccc1)C(=O)O)OC)N(C)C(=O)[C@@H](NC(=O)[C@H](C(C)C)N(C)C(=O)CCCC(=O)N1CCC(C(=O)NC2=C/C=C\C=C/C=C2)CC1)C(C)C. The molecule has 2 aliphatic heterocycles. The second-order valence-electron chi connectivity index (χ2n) is 21.4. The van der Waals surface area contributed by atoms with E-state index in [1.54, 1.807) is 60.0 Å². The van der Waals surface area contributed by atoms with Crippen LogP contribution in [0, 0.1) is 29.6 Å². The summed E-state index contributed by atoms with van der Waals surface area (Å²) in [7, 11) is 6.19. The van der Waals surface area contributed by atoms with E-state index < -0.39 is 66.1 Å². The molecule has 1 aliphatic carbocycles. The topological polar surface area (TPSA) is 224 Å². The van der Waals surface area contributed by atoms with Crippen molar-refractivity contribution in [1.82, 2.24) is 35.6 Å². The largest absolute Gasteiger partial charge is 0.480 e. The fraction of sp³-hybridized carbons (Fsp3) is 0.621. The fourth-order valence-electron chi connectivity index (χ4n) is 10.7. The monoisotopic (exact) mass is 1060 g/mol. The van der Waals surface area contributed by atoms with Crippen molar-refractivity contribution < 1.29 is 52.9 Å². The van der Waals surface area contributed by atoms with Crippen LogP contribution in [-0.4, -0.2) is 162 Å². The molecule has 0 unspecified atom stereocenters. The lowest BCUT2D eigenvalue weighted by atomic mass is 9.89. The molecule has 1 aromatic carbocycles. The van der Waals surface area contributed by atoms with Gasteiger partial charge in [-0.05, 0) is 67.6 Å². The quantitative estimate of drug-likeness (QED) is 0.0869. The van der Waals surface area contributed by atoms with Crippen LogP contribution in [0.1, 0.15) is 112 Å². The summed E-state index contributed by atoms with van der Waals surface area (Å²) >= 11 is 0. The van der Waals surface area contributed by atoms with Crippen LogP contribution in [0.15, 0.2) is 78.6 Å². The van der Waals surface area contributed by atoms with Crippen molar-refractivity contribution in [2.45, 2.75) is 155 Å². The smallest absolute Gasteiger partial charge is 0.326 e. The lowest BCUT2D eigenvalue weighted by Crippen LogP contribution is -2.60. The van der Waals surface area contributed by atoms with Crippen LogP contribution in [0.2, 0.25) is 0 Å². The Morgan fingerprint density at radius 1 is 0.763 bits per heavy atom. The maximum absolute atomic E-state index is 14.7. The minimum atomic E-state index is -1.17. The Bertz CT molecular complexity index is 2260. The van der Waals surface area contributed by atoms with E-state index in [2.05, 4.69) is 16.0 Å². The highest BCUT2D eigenvalue weighted by atomic mass is 16.5. The van der Waals surface area contributed by atoms with Crippen molar-refractivity contribution in [3.05, 3.63) is 84.1 Å². The van der Waals surface area contributed by atoms with E-state index in [0.717, 1.165) is 5.56 Å². The summed E-state index contributed by atoms with van der Waals surface area (Å²) in [6.07, 6.45) is 14.9. The highest BCUT2D eigenvalue weighted by Crippen LogP contribution is 2.30. The lowest BCUT2D eigenvalue weighted by Gasteiger charge is -2.41. The van der Waals surface area contributed by atoms with Gasteiger partial charge in [-0.1, -0.05) is 116 Å².